The van der Waals surface area contributed by atoms with Crippen LogP contribution in [-0.4, -0.2) is 18.9 Å². The molecule has 3 atom stereocenters. The molecule has 120 valence electrons. The molecule has 3 heteroatoms. The Morgan fingerprint density at radius 1 is 1.27 bits per heavy atom. The summed E-state index contributed by atoms with van der Waals surface area (Å²) in [5.41, 5.74) is 1.31. The molecule has 0 spiro atoms. The minimum atomic E-state index is -0.195. The third kappa shape index (κ3) is 4.43. The zero-order valence-corrected chi connectivity index (χ0v) is 13.6. The first-order valence-electron chi connectivity index (χ1n) is 8.25. The SMILES string of the molecule is COC(=O)C[C@H]1[C@H](C)CCC(=O)[C@H]1CCCc1ccccc1. The molecule has 0 amide bonds. The Kier molecular flexibility index (Phi) is 6.17. The standard InChI is InChI=1S/C19H26O3/c1-14-11-12-18(20)16(17(14)13-19(21)22-2)10-6-9-15-7-4-3-5-8-15/h3-5,7-8,14,16-17H,6,9-13H2,1-2H3/t14-,16+,17+/m1/s1. The lowest BCUT2D eigenvalue weighted by Crippen LogP contribution is -2.35. The van der Waals surface area contributed by atoms with E-state index in [0.717, 1.165) is 25.7 Å². The van der Waals surface area contributed by atoms with E-state index in [9.17, 15) is 9.59 Å². The first-order valence-corrected chi connectivity index (χ1v) is 8.25. The lowest BCUT2D eigenvalue weighted by atomic mass is 9.69. The van der Waals surface area contributed by atoms with Crippen molar-refractivity contribution in [2.75, 3.05) is 7.11 Å². The molecule has 1 fully saturated rings. The third-order valence-corrected chi connectivity index (χ3v) is 4.96. The van der Waals surface area contributed by atoms with E-state index in [2.05, 4.69) is 19.1 Å². The highest BCUT2D eigenvalue weighted by Crippen LogP contribution is 2.37. The van der Waals surface area contributed by atoms with E-state index in [0.29, 0.717) is 24.5 Å². The van der Waals surface area contributed by atoms with Crippen molar-refractivity contribution in [3.05, 3.63) is 35.9 Å². The number of rotatable bonds is 6. The molecule has 0 N–H and O–H groups in total. The lowest BCUT2D eigenvalue weighted by molar-refractivity contribution is -0.144. The van der Waals surface area contributed by atoms with Crippen molar-refractivity contribution in [2.24, 2.45) is 17.8 Å². The van der Waals surface area contributed by atoms with Crippen molar-refractivity contribution in [3.63, 3.8) is 0 Å². The molecular formula is C19H26O3. The van der Waals surface area contributed by atoms with Gasteiger partial charge in [0.1, 0.15) is 5.78 Å². The fourth-order valence-electron chi connectivity index (χ4n) is 3.57. The van der Waals surface area contributed by atoms with Crippen LogP contribution in [0.1, 0.15) is 44.6 Å². The van der Waals surface area contributed by atoms with Crippen molar-refractivity contribution in [2.45, 2.75) is 45.4 Å². The Bertz CT molecular complexity index is 495. The number of hydrogen-bond acceptors (Lipinski definition) is 3. The summed E-state index contributed by atoms with van der Waals surface area (Å²) >= 11 is 0. The van der Waals surface area contributed by atoms with Gasteiger partial charge >= 0.3 is 5.97 Å². The van der Waals surface area contributed by atoms with Gasteiger partial charge in [-0.1, -0.05) is 37.3 Å². The highest BCUT2D eigenvalue weighted by atomic mass is 16.5. The zero-order valence-electron chi connectivity index (χ0n) is 13.6. The Balaban J connectivity index is 1.94. The van der Waals surface area contributed by atoms with Crippen molar-refractivity contribution < 1.29 is 14.3 Å². The molecule has 3 nitrogen and oxygen atoms in total. The van der Waals surface area contributed by atoms with Crippen molar-refractivity contribution >= 4 is 11.8 Å². The summed E-state index contributed by atoms with van der Waals surface area (Å²) in [5, 5.41) is 0. The number of aryl methyl sites for hydroxylation is 1. The van der Waals surface area contributed by atoms with Crippen LogP contribution in [-0.2, 0) is 20.7 Å². The fraction of sp³-hybridized carbons (Fsp3) is 0.579. The maximum Gasteiger partial charge on any atom is 0.305 e. The van der Waals surface area contributed by atoms with E-state index < -0.39 is 0 Å². The summed E-state index contributed by atoms with van der Waals surface area (Å²) in [6.07, 6.45) is 4.79. The molecule has 1 aliphatic carbocycles. The van der Waals surface area contributed by atoms with E-state index in [4.69, 9.17) is 4.74 Å². The molecule has 0 unspecified atom stereocenters. The van der Waals surface area contributed by atoms with Gasteiger partial charge in [0.2, 0.25) is 0 Å². The second-order valence-corrected chi connectivity index (χ2v) is 6.41. The number of hydrogen-bond donors (Lipinski definition) is 0. The normalized spacial score (nSPS) is 25.0. The second-order valence-electron chi connectivity index (χ2n) is 6.41. The fourth-order valence-corrected chi connectivity index (χ4v) is 3.57. The first-order chi connectivity index (χ1) is 10.6. The number of methoxy groups -OCH3 is 1. The summed E-state index contributed by atoms with van der Waals surface area (Å²) in [4.78, 5) is 23.9. The second kappa shape index (κ2) is 8.11. The number of ether oxygens (including phenoxy) is 1. The average Bonchev–Trinajstić information content (AvgIpc) is 2.54. The minimum Gasteiger partial charge on any atom is -0.469 e. The van der Waals surface area contributed by atoms with Crippen molar-refractivity contribution in [3.8, 4) is 0 Å². The molecule has 1 aliphatic rings. The van der Waals surface area contributed by atoms with Gasteiger partial charge in [-0.3, -0.25) is 9.59 Å². The predicted octanol–water partition coefficient (Wildman–Crippen LogP) is 3.80. The van der Waals surface area contributed by atoms with Gasteiger partial charge in [0.15, 0.2) is 0 Å². The Hall–Kier alpha value is -1.64. The molecule has 0 bridgehead atoms. The van der Waals surface area contributed by atoms with Gasteiger partial charge in [-0.15, -0.1) is 0 Å². The molecule has 1 aromatic carbocycles. The van der Waals surface area contributed by atoms with Crippen molar-refractivity contribution in [1.29, 1.82) is 0 Å². The molecule has 0 radical (unpaired) electrons. The molecule has 22 heavy (non-hydrogen) atoms. The van der Waals surface area contributed by atoms with Crippen LogP contribution in [0.15, 0.2) is 30.3 Å². The number of benzene rings is 1. The first kappa shape index (κ1) is 16.7. The topological polar surface area (TPSA) is 43.4 Å². The summed E-state index contributed by atoms with van der Waals surface area (Å²) in [6.45, 7) is 2.16. The molecule has 0 heterocycles. The lowest BCUT2D eigenvalue weighted by Gasteiger charge is -2.35. The molecule has 0 aromatic heterocycles. The average molecular weight is 302 g/mol. The summed E-state index contributed by atoms with van der Waals surface area (Å²) < 4.78 is 4.81. The highest BCUT2D eigenvalue weighted by Gasteiger charge is 2.37. The smallest absolute Gasteiger partial charge is 0.305 e. The van der Waals surface area contributed by atoms with Gasteiger partial charge in [-0.05, 0) is 43.1 Å². The Labute approximate surface area is 133 Å². The van der Waals surface area contributed by atoms with Gasteiger partial charge in [-0.25, -0.2) is 0 Å². The Morgan fingerprint density at radius 2 is 2.00 bits per heavy atom. The van der Waals surface area contributed by atoms with Crippen LogP contribution in [0.4, 0.5) is 0 Å². The van der Waals surface area contributed by atoms with Gasteiger partial charge in [-0.2, -0.15) is 0 Å². The van der Waals surface area contributed by atoms with Crippen LogP contribution in [0, 0.1) is 17.8 Å². The number of carbonyl (C=O) groups excluding carboxylic acids is 2. The van der Waals surface area contributed by atoms with Gasteiger partial charge in [0, 0.05) is 18.8 Å². The number of esters is 1. The van der Waals surface area contributed by atoms with Gasteiger partial charge in [0.25, 0.3) is 0 Å². The van der Waals surface area contributed by atoms with E-state index in [1.165, 1.54) is 12.7 Å². The van der Waals surface area contributed by atoms with Crippen LogP contribution < -0.4 is 0 Å². The molecular weight excluding hydrogens is 276 g/mol. The van der Waals surface area contributed by atoms with E-state index >= 15 is 0 Å². The summed E-state index contributed by atoms with van der Waals surface area (Å²) in [6, 6.07) is 10.4. The maximum atomic E-state index is 12.3. The molecule has 1 saturated carbocycles. The quantitative estimate of drug-likeness (QED) is 0.751. The minimum absolute atomic E-state index is 0.0200. The largest absolute Gasteiger partial charge is 0.469 e. The molecule has 0 saturated heterocycles. The van der Waals surface area contributed by atoms with Crippen LogP contribution in [0.2, 0.25) is 0 Å². The maximum absolute atomic E-state index is 12.3. The van der Waals surface area contributed by atoms with Gasteiger partial charge in [0.05, 0.1) is 7.11 Å². The van der Waals surface area contributed by atoms with E-state index in [1.54, 1.807) is 0 Å². The van der Waals surface area contributed by atoms with Crippen molar-refractivity contribution in [1.82, 2.24) is 0 Å². The zero-order chi connectivity index (χ0) is 15.9. The van der Waals surface area contributed by atoms with Crippen LogP contribution in [0.25, 0.3) is 0 Å². The summed E-state index contributed by atoms with van der Waals surface area (Å²) in [5.74, 6) is 0.717. The Morgan fingerprint density at radius 3 is 2.68 bits per heavy atom. The predicted molar refractivity (Wildman–Crippen MR) is 86.4 cm³/mol. The molecule has 0 aliphatic heterocycles. The van der Waals surface area contributed by atoms with Crippen LogP contribution in [0.3, 0.4) is 0 Å². The van der Waals surface area contributed by atoms with Gasteiger partial charge < -0.3 is 4.74 Å². The van der Waals surface area contributed by atoms with Crippen LogP contribution >= 0.6 is 0 Å². The molecule has 2 rings (SSSR count). The summed E-state index contributed by atoms with van der Waals surface area (Å²) in [7, 11) is 1.42. The van der Waals surface area contributed by atoms with E-state index in [1.807, 2.05) is 18.2 Å². The molecule has 1 aromatic rings. The number of carbonyl (C=O) groups is 2. The monoisotopic (exact) mass is 302 g/mol. The van der Waals surface area contributed by atoms with E-state index in [-0.39, 0.29) is 17.8 Å². The number of ketones is 1. The highest BCUT2D eigenvalue weighted by molar-refractivity contribution is 5.83. The number of Topliss-reactive ketones (excluding diaryl/α,β-unsaturated/α-hetero) is 1. The van der Waals surface area contributed by atoms with Crippen LogP contribution in [0.5, 0.6) is 0 Å². The third-order valence-electron chi connectivity index (χ3n) is 4.96.